The molecule has 2 aromatic rings. The molecule has 0 atom stereocenters. The van der Waals surface area contributed by atoms with E-state index in [1.165, 1.54) is 31.4 Å². The number of halogens is 2. The molecule has 2 rings (SSSR count). The fourth-order valence-electron chi connectivity index (χ4n) is 2.00. The molecule has 132 valence electrons. The summed E-state index contributed by atoms with van der Waals surface area (Å²) in [4.78, 5) is 22.5. The highest BCUT2D eigenvalue weighted by atomic mass is 35.5. The Bertz CT molecular complexity index is 952. The van der Waals surface area contributed by atoms with Gasteiger partial charge >= 0.3 is 0 Å². The zero-order valence-corrected chi connectivity index (χ0v) is 14.8. The molecule has 0 bridgehead atoms. The summed E-state index contributed by atoms with van der Waals surface area (Å²) in [6, 6.07) is 10.1. The number of nitro benzene ring substituents is 1. The maximum absolute atomic E-state index is 12.3. The van der Waals surface area contributed by atoms with Gasteiger partial charge in [0, 0.05) is 12.1 Å². The summed E-state index contributed by atoms with van der Waals surface area (Å²) in [6.07, 6.45) is 1.33. The van der Waals surface area contributed by atoms with Crippen molar-refractivity contribution in [2.45, 2.75) is 0 Å². The smallest absolute Gasteiger partial charge is 0.271 e. The van der Waals surface area contributed by atoms with Gasteiger partial charge in [-0.1, -0.05) is 29.3 Å². The third-order valence-electron chi connectivity index (χ3n) is 3.26. The lowest BCUT2D eigenvalue weighted by atomic mass is 10.1. The van der Waals surface area contributed by atoms with Gasteiger partial charge in [0.25, 0.3) is 11.6 Å². The van der Waals surface area contributed by atoms with E-state index in [4.69, 9.17) is 27.9 Å². The van der Waals surface area contributed by atoms with Crippen LogP contribution in [0.1, 0.15) is 5.56 Å². The highest BCUT2D eigenvalue weighted by Gasteiger charge is 2.15. The average molecular weight is 392 g/mol. The Labute approximate surface area is 158 Å². The van der Waals surface area contributed by atoms with Gasteiger partial charge in [-0.05, 0) is 29.8 Å². The lowest BCUT2D eigenvalue weighted by Crippen LogP contribution is -2.14. The fraction of sp³-hybridized carbons (Fsp3) is 0.0588. The van der Waals surface area contributed by atoms with Crippen LogP contribution in [0.15, 0.2) is 42.0 Å². The summed E-state index contributed by atoms with van der Waals surface area (Å²) in [6.45, 7) is 0. The van der Waals surface area contributed by atoms with Gasteiger partial charge in [-0.15, -0.1) is 0 Å². The fourth-order valence-corrected chi connectivity index (χ4v) is 2.43. The second-order valence-electron chi connectivity index (χ2n) is 4.94. The van der Waals surface area contributed by atoms with Crippen molar-refractivity contribution in [3.8, 4) is 11.8 Å². The molecule has 0 aliphatic heterocycles. The van der Waals surface area contributed by atoms with E-state index in [-0.39, 0.29) is 22.0 Å². The summed E-state index contributed by atoms with van der Waals surface area (Å²) in [5.74, 6) is -0.308. The van der Waals surface area contributed by atoms with Crippen molar-refractivity contribution < 1.29 is 14.5 Å². The Morgan fingerprint density at radius 2 is 2.00 bits per heavy atom. The Morgan fingerprint density at radius 1 is 1.27 bits per heavy atom. The molecule has 9 heteroatoms. The van der Waals surface area contributed by atoms with Crippen molar-refractivity contribution in [1.29, 1.82) is 5.26 Å². The van der Waals surface area contributed by atoms with Crippen LogP contribution in [-0.4, -0.2) is 17.9 Å². The number of rotatable bonds is 5. The van der Waals surface area contributed by atoms with Crippen molar-refractivity contribution in [1.82, 2.24) is 0 Å². The number of hydrogen-bond donors (Lipinski definition) is 1. The SMILES string of the molecule is COc1ccc(/C=C(\C#N)C(=O)Nc2cc([N+](=O)[O-])ccc2Cl)cc1Cl. The van der Waals surface area contributed by atoms with Crippen LogP contribution in [0.5, 0.6) is 5.75 Å². The molecule has 1 amide bonds. The Morgan fingerprint density at radius 3 is 2.58 bits per heavy atom. The third-order valence-corrected chi connectivity index (χ3v) is 3.89. The zero-order chi connectivity index (χ0) is 19.3. The maximum atomic E-state index is 12.3. The monoisotopic (exact) mass is 391 g/mol. The van der Waals surface area contributed by atoms with Crippen LogP contribution in [0, 0.1) is 21.4 Å². The van der Waals surface area contributed by atoms with Crippen LogP contribution in [0.4, 0.5) is 11.4 Å². The average Bonchev–Trinajstić information content (AvgIpc) is 2.61. The van der Waals surface area contributed by atoms with Crippen LogP contribution in [0.25, 0.3) is 6.08 Å². The minimum Gasteiger partial charge on any atom is -0.495 e. The number of carbonyl (C=O) groups excluding carboxylic acids is 1. The molecule has 0 fully saturated rings. The molecule has 0 aromatic heterocycles. The third kappa shape index (κ3) is 4.51. The normalized spacial score (nSPS) is 10.8. The summed E-state index contributed by atoms with van der Waals surface area (Å²) in [5.41, 5.74) is 0.0651. The van der Waals surface area contributed by atoms with Gasteiger partial charge in [-0.25, -0.2) is 0 Å². The quantitative estimate of drug-likeness (QED) is 0.350. The minimum absolute atomic E-state index is 0.0276. The number of hydrogen-bond acceptors (Lipinski definition) is 5. The number of ether oxygens (including phenoxy) is 1. The molecule has 0 unspecified atom stereocenters. The Hall–Kier alpha value is -3.08. The van der Waals surface area contributed by atoms with Gasteiger partial charge in [0.15, 0.2) is 0 Å². The molecule has 0 aliphatic rings. The predicted octanol–water partition coefficient (Wildman–Crippen LogP) is 4.46. The van der Waals surface area contributed by atoms with Gasteiger partial charge in [-0.2, -0.15) is 5.26 Å². The second-order valence-corrected chi connectivity index (χ2v) is 5.75. The van der Waals surface area contributed by atoms with Crippen molar-refractivity contribution >= 4 is 46.6 Å². The van der Waals surface area contributed by atoms with Crippen molar-refractivity contribution in [2.75, 3.05) is 12.4 Å². The molecular formula is C17H11Cl2N3O4. The number of amides is 1. The van der Waals surface area contributed by atoms with E-state index in [9.17, 15) is 20.2 Å². The standard InChI is InChI=1S/C17H11Cl2N3O4/c1-26-16-5-2-10(7-14(16)19)6-11(9-20)17(23)21-15-8-12(22(24)25)3-4-13(15)18/h2-8H,1H3,(H,21,23)/b11-6+. The molecule has 0 saturated heterocycles. The molecule has 26 heavy (non-hydrogen) atoms. The van der Waals surface area contributed by atoms with Crippen LogP contribution < -0.4 is 10.1 Å². The van der Waals surface area contributed by atoms with Crippen molar-refractivity contribution in [2.24, 2.45) is 0 Å². The summed E-state index contributed by atoms with van der Waals surface area (Å²) in [7, 11) is 1.47. The Kier molecular flexibility index (Phi) is 6.17. The molecule has 0 heterocycles. The Balaban J connectivity index is 2.30. The highest BCUT2D eigenvalue weighted by molar-refractivity contribution is 6.34. The van der Waals surface area contributed by atoms with Gasteiger partial charge < -0.3 is 10.1 Å². The van der Waals surface area contributed by atoms with Gasteiger partial charge in [0.05, 0.1) is 27.8 Å². The van der Waals surface area contributed by atoms with E-state index in [0.717, 1.165) is 6.07 Å². The van der Waals surface area contributed by atoms with E-state index in [2.05, 4.69) is 5.32 Å². The lowest BCUT2D eigenvalue weighted by Gasteiger charge is -2.07. The number of nitro groups is 1. The molecule has 2 aromatic carbocycles. The highest BCUT2D eigenvalue weighted by Crippen LogP contribution is 2.28. The number of benzene rings is 2. The van der Waals surface area contributed by atoms with Crippen molar-refractivity contribution in [3.63, 3.8) is 0 Å². The number of nitriles is 1. The first-order chi connectivity index (χ1) is 12.3. The molecule has 0 aliphatic carbocycles. The van der Waals surface area contributed by atoms with Crippen LogP contribution in [0.3, 0.4) is 0 Å². The number of non-ortho nitro benzene ring substituents is 1. The van der Waals surface area contributed by atoms with Gasteiger partial charge in [0.2, 0.25) is 0 Å². The molecule has 0 radical (unpaired) electrons. The van der Waals surface area contributed by atoms with E-state index in [1.807, 2.05) is 0 Å². The van der Waals surface area contributed by atoms with Crippen molar-refractivity contribution in [3.05, 3.63) is 67.7 Å². The lowest BCUT2D eigenvalue weighted by molar-refractivity contribution is -0.384. The number of nitrogens with one attached hydrogen (secondary N) is 1. The first-order valence-corrected chi connectivity index (χ1v) is 7.82. The minimum atomic E-state index is -0.762. The second kappa shape index (κ2) is 8.34. The summed E-state index contributed by atoms with van der Waals surface area (Å²) in [5, 5.41) is 22.9. The van der Waals surface area contributed by atoms with Gasteiger partial charge in [-0.3, -0.25) is 14.9 Å². The summed E-state index contributed by atoms with van der Waals surface area (Å²) >= 11 is 12.0. The topological polar surface area (TPSA) is 105 Å². The largest absolute Gasteiger partial charge is 0.495 e. The van der Waals surface area contributed by atoms with Crippen LogP contribution in [0.2, 0.25) is 10.0 Å². The number of nitrogens with zero attached hydrogens (tertiary/aromatic N) is 2. The maximum Gasteiger partial charge on any atom is 0.271 e. The van der Waals surface area contributed by atoms with Gasteiger partial charge in [0.1, 0.15) is 17.4 Å². The number of carbonyl (C=O) groups is 1. The molecular weight excluding hydrogens is 381 g/mol. The molecule has 0 saturated carbocycles. The first kappa shape index (κ1) is 19.2. The van der Waals surface area contributed by atoms with E-state index in [0.29, 0.717) is 16.3 Å². The van der Waals surface area contributed by atoms with Crippen LogP contribution in [-0.2, 0) is 4.79 Å². The number of methoxy groups -OCH3 is 1. The molecule has 7 nitrogen and oxygen atoms in total. The van der Waals surface area contributed by atoms with Crippen LogP contribution >= 0.6 is 23.2 Å². The first-order valence-electron chi connectivity index (χ1n) is 7.06. The summed E-state index contributed by atoms with van der Waals surface area (Å²) < 4.78 is 5.03. The predicted molar refractivity (Wildman–Crippen MR) is 98.3 cm³/mol. The van der Waals surface area contributed by atoms with E-state index >= 15 is 0 Å². The van der Waals surface area contributed by atoms with E-state index in [1.54, 1.807) is 18.2 Å². The molecule has 0 spiro atoms. The van der Waals surface area contributed by atoms with E-state index < -0.39 is 10.8 Å². The zero-order valence-electron chi connectivity index (χ0n) is 13.3. The number of anilines is 1. The molecule has 1 N–H and O–H groups in total.